The third-order valence-corrected chi connectivity index (χ3v) is 2.03. The maximum atomic E-state index is 5.76. The largest absolute Gasteiger partial charge is 0.371 e. The zero-order chi connectivity index (χ0) is 10.1. The summed E-state index contributed by atoms with van der Waals surface area (Å²) in [5.41, 5.74) is 7.25. The van der Waals surface area contributed by atoms with E-state index in [-0.39, 0.29) is 6.17 Å². The maximum absolute atomic E-state index is 5.76. The average Bonchev–Trinajstić information content (AvgIpc) is 2.60. The topological polar surface area (TPSA) is 81.7 Å². The lowest BCUT2D eigenvalue weighted by Crippen LogP contribution is -2.13. The summed E-state index contributed by atoms with van der Waals surface area (Å²) >= 11 is 0. The zero-order valence-corrected chi connectivity index (χ0v) is 8.10. The van der Waals surface area contributed by atoms with Crippen LogP contribution >= 0.6 is 0 Å². The van der Waals surface area contributed by atoms with E-state index in [2.05, 4.69) is 20.3 Å². The van der Waals surface area contributed by atoms with Crippen LogP contribution in [-0.2, 0) is 0 Å². The monoisotopic (exact) mass is 192 g/mol. The van der Waals surface area contributed by atoms with Gasteiger partial charge in [-0.1, -0.05) is 0 Å². The third-order valence-electron chi connectivity index (χ3n) is 2.03. The first-order valence-corrected chi connectivity index (χ1v) is 4.35. The van der Waals surface area contributed by atoms with E-state index in [9.17, 15) is 0 Å². The molecule has 6 heteroatoms. The van der Waals surface area contributed by atoms with Crippen molar-refractivity contribution in [1.82, 2.24) is 19.5 Å². The van der Waals surface area contributed by atoms with E-state index >= 15 is 0 Å². The lowest BCUT2D eigenvalue weighted by atomic mass is 10.5. The van der Waals surface area contributed by atoms with Crippen molar-refractivity contribution in [2.24, 2.45) is 5.73 Å². The van der Waals surface area contributed by atoms with Crippen LogP contribution in [0.5, 0.6) is 0 Å². The number of anilines is 1. The normalized spacial score (nSPS) is 13.1. The molecule has 0 bridgehead atoms. The highest BCUT2D eigenvalue weighted by Gasteiger charge is 2.10. The van der Waals surface area contributed by atoms with Crippen LogP contribution in [0.1, 0.15) is 13.1 Å². The number of fused-ring (bicyclic) bond motifs is 1. The summed E-state index contributed by atoms with van der Waals surface area (Å²) in [6.45, 7) is 1.88. The number of aromatic nitrogens is 4. The fourth-order valence-electron chi connectivity index (χ4n) is 1.33. The molecule has 0 spiro atoms. The van der Waals surface area contributed by atoms with E-state index in [0.29, 0.717) is 0 Å². The van der Waals surface area contributed by atoms with E-state index in [1.165, 1.54) is 6.33 Å². The lowest BCUT2D eigenvalue weighted by Gasteiger charge is -2.06. The van der Waals surface area contributed by atoms with Crippen LogP contribution in [0.25, 0.3) is 11.2 Å². The minimum absolute atomic E-state index is 0.139. The molecule has 0 aliphatic carbocycles. The van der Waals surface area contributed by atoms with Gasteiger partial charge in [0.15, 0.2) is 11.5 Å². The molecule has 0 aliphatic rings. The number of hydrogen-bond donors (Lipinski definition) is 2. The standard InChI is InChI=1S/C8H12N6/c1-5(9)14-4-13-6-7(10-2)11-3-12-8(6)14/h3-5H,9H2,1-2H3,(H,10,11,12). The van der Waals surface area contributed by atoms with Crippen LogP contribution in [0.3, 0.4) is 0 Å². The molecular formula is C8H12N6. The Morgan fingerprint density at radius 1 is 1.43 bits per heavy atom. The lowest BCUT2D eigenvalue weighted by molar-refractivity contribution is 0.583. The van der Waals surface area contributed by atoms with E-state index in [1.807, 2.05) is 6.92 Å². The minimum Gasteiger partial charge on any atom is -0.371 e. The summed E-state index contributed by atoms with van der Waals surface area (Å²) < 4.78 is 1.80. The fourth-order valence-corrected chi connectivity index (χ4v) is 1.33. The average molecular weight is 192 g/mol. The van der Waals surface area contributed by atoms with Gasteiger partial charge in [0.1, 0.15) is 11.8 Å². The Morgan fingerprint density at radius 2 is 2.21 bits per heavy atom. The molecule has 0 saturated heterocycles. The second-order valence-corrected chi connectivity index (χ2v) is 3.04. The molecule has 14 heavy (non-hydrogen) atoms. The van der Waals surface area contributed by atoms with Gasteiger partial charge < -0.3 is 11.1 Å². The molecule has 2 aromatic rings. The van der Waals surface area contributed by atoms with E-state index in [1.54, 1.807) is 17.9 Å². The summed E-state index contributed by atoms with van der Waals surface area (Å²) in [4.78, 5) is 12.4. The van der Waals surface area contributed by atoms with Crippen molar-refractivity contribution in [2.45, 2.75) is 13.1 Å². The first-order chi connectivity index (χ1) is 6.74. The van der Waals surface area contributed by atoms with Crippen molar-refractivity contribution in [3.05, 3.63) is 12.7 Å². The van der Waals surface area contributed by atoms with Crippen molar-refractivity contribution in [3.63, 3.8) is 0 Å². The van der Waals surface area contributed by atoms with Gasteiger partial charge >= 0.3 is 0 Å². The van der Waals surface area contributed by atoms with Crippen molar-refractivity contribution in [2.75, 3.05) is 12.4 Å². The summed E-state index contributed by atoms with van der Waals surface area (Å²) in [6, 6.07) is 0. The smallest absolute Gasteiger partial charge is 0.166 e. The molecule has 74 valence electrons. The molecule has 2 heterocycles. The van der Waals surface area contributed by atoms with Gasteiger partial charge in [-0.05, 0) is 6.92 Å². The maximum Gasteiger partial charge on any atom is 0.166 e. The highest BCUT2D eigenvalue weighted by Crippen LogP contribution is 2.17. The molecule has 0 saturated carbocycles. The van der Waals surface area contributed by atoms with Crippen molar-refractivity contribution in [1.29, 1.82) is 0 Å². The molecule has 1 unspecified atom stereocenters. The van der Waals surface area contributed by atoms with Gasteiger partial charge in [-0.25, -0.2) is 15.0 Å². The number of rotatable bonds is 2. The molecule has 3 N–H and O–H groups in total. The van der Waals surface area contributed by atoms with Crippen molar-refractivity contribution < 1.29 is 0 Å². The van der Waals surface area contributed by atoms with Crippen LogP contribution in [0.2, 0.25) is 0 Å². The first-order valence-electron chi connectivity index (χ1n) is 4.35. The first kappa shape index (κ1) is 8.89. The predicted molar refractivity (Wildman–Crippen MR) is 53.8 cm³/mol. The van der Waals surface area contributed by atoms with Gasteiger partial charge in [0, 0.05) is 7.05 Å². The Balaban J connectivity index is 2.69. The quantitative estimate of drug-likeness (QED) is 0.717. The van der Waals surface area contributed by atoms with E-state index in [0.717, 1.165) is 17.0 Å². The summed E-state index contributed by atoms with van der Waals surface area (Å²) in [7, 11) is 1.80. The van der Waals surface area contributed by atoms with Gasteiger partial charge in [0.2, 0.25) is 0 Å². The molecule has 2 aromatic heterocycles. The number of nitrogens with two attached hydrogens (primary N) is 1. The molecule has 6 nitrogen and oxygen atoms in total. The van der Waals surface area contributed by atoms with Gasteiger partial charge in [-0.2, -0.15) is 0 Å². The number of imidazole rings is 1. The molecule has 1 atom stereocenters. The Kier molecular flexibility index (Phi) is 2.05. The van der Waals surface area contributed by atoms with Crippen molar-refractivity contribution in [3.8, 4) is 0 Å². The fraction of sp³-hybridized carbons (Fsp3) is 0.375. The molecule has 0 radical (unpaired) electrons. The Labute approximate surface area is 81.2 Å². The van der Waals surface area contributed by atoms with E-state index in [4.69, 9.17) is 5.73 Å². The summed E-state index contributed by atoms with van der Waals surface area (Å²) in [5.74, 6) is 0.717. The highest BCUT2D eigenvalue weighted by molar-refractivity contribution is 5.82. The van der Waals surface area contributed by atoms with Gasteiger partial charge in [0.05, 0.1) is 12.5 Å². The van der Waals surface area contributed by atoms with Crippen LogP contribution in [-0.4, -0.2) is 26.6 Å². The van der Waals surface area contributed by atoms with Crippen LogP contribution in [0, 0.1) is 0 Å². The Morgan fingerprint density at radius 3 is 2.86 bits per heavy atom. The second-order valence-electron chi connectivity index (χ2n) is 3.04. The predicted octanol–water partition coefficient (Wildman–Crippen LogP) is 0.345. The Hall–Kier alpha value is -1.69. The van der Waals surface area contributed by atoms with Gasteiger partial charge in [0.25, 0.3) is 0 Å². The number of nitrogens with zero attached hydrogens (tertiary/aromatic N) is 4. The SMILES string of the molecule is CNc1ncnc2c1ncn2C(C)N. The molecule has 2 rings (SSSR count). The second kappa shape index (κ2) is 3.22. The molecule has 0 amide bonds. The van der Waals surface area contributed by atoms with Gasteiger partial charge in [-0.15, -0.1) is 0 Å². The molecular weight excluding hydrogens is 180 g/mol. The third kappa shape index (κ3) is 1.20. The number of hydrogen-bond acceptors (Lipinski definition) is 5. The summed E-state index contributed by atoms with van der Waals surface area (Å²) in [5, 5.41) is 2.95. The molecule has 0 aliphatic heterocycles. The Bertz CT molecular complexity index is 446. The van der Waals surface area contributed by atoms with Crippen molar-refractivity contribution >= 4 is 17.0 Å². The zero-order valence-electron chi connectivity index (χ0n) is 8.10. The molecule has 0 fully saturated rings. The summed E-state index contributed by atoms with van der Waals surface area (Å²) in [6.07, 6.45) is 3.03. The number of nitrogens with one attached hydrogen (secondary N) is 1. The van der Waals surface area contributed by atoms with Crippen LogP contribution in [0.15, 0.2) is 12.7 Å². The highest BCUT2D eigenvalue weighted by atomic mass is 15.2. The van der Waals surface area contributed by atoms with Crippen LogP contribution in [0.4, 0.5) is 5.82 Å². The van der Waals surface area contributed by atoms with Gasteiger partial charge in [-0.3, -0.25) is 4.57 Å². The van der Waals surface area contributed by atoms with Crippen LogP contribution < -0.4 is 11.1 Å². The molecule has 0 aromatic carbocycles. The minimum atomic E-state index is -0.139. The van der Waals surface area contributed by atoms with E-state index < -0.39 is 0 Å².